The summed E-state index contributed by atoms with van der Waals surface area (Å²) in [5, 5.41) is 19.9. The van der Waals surface area contributed by atoms with Crippen LogP contribution in [-0.4, -0.2) is 41.2 Å². The third-order valence-electron chi connectivity index (χ3n) is 2.39. The summed E-state index contributed by atoms with van der Waals surface area (Å²) < 4.78 is 4.96. The van der Waals surface area contributed by atoms with Crippen molar-refractivity contribution in [2.24, 2.45) is 0 Å². The van der Waals surface area contributed by atoms with Crippen LogP contribution in [0.15, 0.2) is 18.2 Å². The molecule has 0 fully saturated rings. The molecular formula is C12H12ClNO6. The van der Waals surface area contributed by atoms with Gasteiger partial charge in [0.1, 0.15) is 11.8 Å². The first-order valence-corrected chi connectivity index (χ1v) is 5.82. The maximum atomic E-state index is 11.9. The van der Waals surface area contributed by atoms with Crippen molar-refractivity contribution in [1.29, 1.82) is 0 Å². The second-order valence-corrected chi connectivity index (χ2v) is 4.24. The highest BCUT2D eigenvalue weighted by atomic mass is 35.5. The van der Waals surface area contributed by atoms with Gasteiger partial charge in [-0.1, -0.05) is 11.6 Å². The molecule has 0 spiro atoms. The molecule has 8 heteroatoms. The first-order chi connectivity index (χ1) is 9.35. The van der Waals surface area contributed by atoms with Gasteiger partial charge < -0.3 is 20.3 Å². The predicted octanol–water partition coefficient (Wildman–Crippen LogP) is 1.01. The SMILES string of the molecule is COc1cc(Cl)ccc1C(=O)N[C@H](CC(=O)O)C(=O)O. The average molecular weight is 302 g/mol. The molecule has 0 aliphatic heterocycles. The van der Waals surface area contributed by atoms with Crippen molar-refractivity contribution in [1.82, 2.24) is 5.32 Å². The number of ether oxygens (including phenoxy) is 1. The number of rotatable bonds is 6. The second-order valence-electron chi connectivity index (χ2n) is 3.81. The number of aliphatic carboxylic acids is 2. The first kappa shape index (κ1) is 15.8. The lowest BCUT2D eigenvalue weighted by Gasteiger charge is -2.14. The topological polar surface area (TPSA) is 113 Å². The van der Waals surface area contributed by atoms with Crippen molar-refractivity contribution in [3.8, 4) is 5.75 Å². The van der Waals surface area contributed by atoms with Crippen molar-refractivity contribution in [3.05, 3.63) is 28.8 Å². The van der Waals surface area contributed by atoms with Crippen molar-refractivity contribution in [3.63, 3.8) is 0 Å². The van der Waals surface area contributed by atoms with Gasteiger partial charge in [0, 0.05) is 5.02 Å². The van der Waals surface area contributed by atoms with Crippen molar-refractivity contribution < 1.29 is 29.3 Å². The number of carboxylic acid groups (broad SMARTS) is 2. The maximum Gasteiger partial charge on any atom is 0.326 e. The van der Waals surface area contributed by atoms with Crippen LogP contribution in [0.5, 0.6) is 5.75 Å². The van der Waals surface area contributed by atoms with Crippen molar-refractivity contribution >= 4 is 29.4 Å². The van der Waals surface area contributed by atoms with Crippen LogP contribution in [0.2, 0.25) is 5.02 Å². The van der Waals surface area contributed by atoms with E-state index in [2.05, 4.69) is 5.32 Å². The standard InChI is InChI=1S/C12H12ClNO6/c1-20-9-4-6(13)2-3-7(9)11(17)14-8(12(18)19)5-10(15)16/h2-4,8H,5H2,1H3,(H,14,17)(H,15,16)(H,18,19)/t8-/m1/s1. The molecule has 0 heterocycles. The quantitative estimate of drug-likeness (QED) is 0.722. The van der Waals surface area contributed by atoms with E-state index in [0.29, 0.717) is 5.02 Å². The van der Waals surface area contributed by atoms with Crippen LogP contribution in [0.3, 0.4) is 0 Å². The third kappa shape index (κ3) is 4.13. The molecule has 0 bridgehead atoms. The van der Waals surface area contributed by atoms with Crippen LogP contribution in [-0.2, 0) is 9.59 Å². The highest BCUT2D eigenvalue weighted by molar-refractivity contribution is 6.30. The lowest BCUT2D eigenvalue weighted by molar-refractivity contribution is -0.145. The average Bonchev–Trinajstić information content (AvgIpc) is 2.36. The van der Waals surface area contributed by atoms with Gasteiger partial charge in [0.2, 0.25) is 0 Å². The second kappa shape index (κ2) is 6.76. The minimum Gasteiger partial charge on any atom is -0.496 e. The molecule has 0 radical (unpaired) electrons. The predicted molar refractivity (Wildman–Crippen MR) is 69.1 cm³/mol. The molecule has 0 unspecified atom stereocenters. The largest absolute Gasteiger partial charge is 0.496 e. The fraction of sp³-hybridized carbons (Fsp3) is 0.250. The van der Waals surface area contributed by atoms with Crippen LogP contribution in [0, 0.1) is 0 Å². The van der Waals surface area contributed by atoms with E-state index in [1.807, 2.05) is 0 Å². The first-order valence-electron chi connectivity index (χ1n) is 5.44. The number of nitrogens with one attached hydrogen (secondary N) is 1. The Morgan fingerprint density at radius 2 is 2.00 bits per heavy atom. The summed E-state index contributed by atoms with van der Waals surface area (Å²) in [6.07, 6.45) is -0.725. The Labute approximate surface area is 119 Å². The molecular weight excluding hydrogens is 290 g/mol. The zero-order chi connectivity index (χ0) is 15.3. The van der Waals surface area contributed by atoms with E-state index in [9.17, 15) is 14.4 Å². The van der Waals surface area contributed by atoms with Gasteiger partial charge in [-0.05, 0) is 18.2 Å². The highest BCUT2D eigenvalue weighted by Crippen LogP contribution is 2.23. The van der Waals surface area contributed by atoms with Crippen LogP contribution >= 0.6 is 11.6 Å². The van der Waals surface area contributed by atoms with Gasteiger partial charge in [-0.15, -0.1) is 0 Å². The van der Waals surface area contributed by atoms with E-state index >= 15 is 0 Å². The molecule has 7 nitrogen and oxygen atoms in total. The Bertz CT molecular complexity index is 545. The van der Waals surface area contributed by atoms with Gasteiger partial charge in [-0.25, -0.2) is 4.79 Å². The van der Waals surface area contributed by atoms with Crippen LogP contribution in [0.1, 0.15) is 16.8 Å². The molecule has 0 saturated heterocycles. The summed E-state index contributed by atoms with van der Waals surface area (Å²) >= 11 is 5.74. The molecule has 1 aromatic rings. The molecule has 0 aromatic heterocycles. The zero-order valence-corrected chi connectivity index (χ0v) is 11.2. The highest BCUT2D eigenvalue weighted by Gasteiger charge is 2.24. The summed E-state index contributed by atoms with van der Waals surface area (Å²) in [5.41, 5.74) is 0.0635. The smallest absolute Gasteiger partial charge is 0.326 e. The number of amides is 1. The van der Waals surface area contributed by atoms with E-state index < -0.39 is 30.3 Å². The molecule has 0 saturated carbocycles. The van der Waals surface area contributed by atoms with Gasteiger partial charge in [-0.2, -0.15) is 0 Å². The van der Waals surface area contributed by atoms with Crippen LogP contribution in [0.25, 0.3) is 0 Å². The van der Waals surface area contributed by atoms with Gasteiger partial charge in [0.25, 0.3) is 5.91 Å². The molecule has 20 heavy (non-hydrogen) atoms. The van der Waals surface area contributed by atoms with E-state index in [4.69, 9.17) is 26.6 Å². The molecule has 0 aliphatic rings. The molecule has 108 valence electrons. The third-order valence-corrected chi connectivity index (χ3v) is 2.63. The Hall–Kier alpha value is -2.28. The minimum atomic E-state index is -1.53. The number of hydrogen-bond acceptors (Lipinski definition) is 4. The van der Waals surface area contributed by atoms with Gasteiger partial charge in [0.05, 0.1) is 19.1 Å². The number of benzene rings is 1. The van der Waals surface area contributed by atoms with Crippen LogP contribution < -0.4 is 10.1 Å². The number of carbonyl (C=O) groups is 3. The molecule has 1 rings (SSSR count). The van der Waals surface area contributed by atoms with Gasteiger partial charge >= 0.3 is 11.9 Å². The number of carbonyl (C=O) groups excluding carboxylic acids is 1. The molecule has 1 amide bonds. The van der Waals surface area contributed by atoms with Gasteiger partial charge in [-0.3, -0.25) is 9.59 Å². The van der Waals surface area contributed by atoms with Gasteiger partial charge in [0.15, 0.2) is 0 Å². The molecule has 1 aromatic carbocycles. The van der Waals surface area contributed by atoms with Crippen molar-refractivity contribution in [2.75, 3.05) is 7.11 Å². The van der Waals surface area contributed by atoms with E-state index in [0.717, 1.165) is 0 Å². The summed E-state index contributed by atoms with van der Waals surface area (Å²) in [6.45, 7) is 0. The van der Waals surface area contributed by atoms with Crippen molar-refractivity contribution in [2.45, 2.75) is 12.5 Å². The lowest BCUT2D eigenvalue weighted by atomic mass is 10.1. The van der Waals surface area contributed by atoms with E-state index in [1.54, 1.807) is 0 Å². The molecule has 3 N–H and O–H groups in total. The fourth-order valence-electron chi connectivity index (χ4n) is 1.46. The number of halogens is 1. The monoisotopic (exact) mass is 301 g/mol. The molecule has 0 aliphatic carbocycles. The Morgan fingerprint density at radius 1 is 1.35 bits per heavy atom. The summed E-state index contributed by atoms with van der Waals surface area (Å²) in [5.74, 6) is -3.36. The van der Waals surface area contributed by atoms with Crippen LogP contribution in [0.4, 0.5) is 0 Å². The van der Waals surface area contributed by atoms with E-state index in [-0.39, 0.29) is 11.3 Å². The summed E-state index contributed by atoms with van der Waals surface area (Å²) in [7, 11) is 1.33. The lowest BCUT2D eigenvalue weighted by Crippen LogP contribution is -2.42. The molecule has 1 atom stereocenters. The normalized spacial score (nSPS) is 11.5. The Morgan fingerprint density at radius 3 is 2.50 bits per heavy atom. The number of carboxylic acids is 2. The summed E-state index contributed by atoms with van der Waals surface area (Å²) in [4.78, 5) is 33.4. The summed E-state index contributed by atoms with van der Waals surface area (Å²) in [6, 6.07) is 2.66. The Balaban J connectivity index is 2.94. The maximum absolute atomic E-state index is 11.9. The Kier molecular flexibility index (Phi) is 5.33. The number of methoxy groups -OCH3 is 1. The zero-order valence-electron chi connectivity index (χ0n) is 10.4. The minimum absolute atomic E-state index is 0.0635. The number of hydrogen-bond donors (Lipinski definition) is 3. The fourth-order valence-corrected chi connectivity index (χ4v) is 1.63. The van der Waals surface area contributed by atoms with E-state index in [1.165, 1.54) is 25.3 Å².